The number of pyridine rings is 1. The molecule has 1 atom stereocenters. The first-order valence-corrected chi connectivity index (χ1v) is 11.7. The zero-order valence-electron chi connectivity index (χ0n) is 20.0. The Hall–Kier alpha value is -3.70. The highest BCUT2D eigenvalue weighted by Gasteiger charge is 2.19. The second-order valence-electron chi connectivity index (χ2n) is 8.30. The fourth-order valence-corrected chi connectivity index (χ4v) is 3.90. The number of carbonyl (C=O) groups is 1. The van der Waals surface area contributed by atoms with Crippen molar-refractivity contribution in [3.05, 3.63) is 54.6 Å². The Morgan fingerprint density at radius 3 is 2.86 bits per heavy atom. The first-order chi connectivity index (χ1) is 17.0. The maximum Gasteiger partial charge on any atom is 0.278 e. The summed E-state index contributed by atoms with van der Waals surface area (Å²) in [6.45, 7) is 5.66. The Labute approximate surface area is 205 Å². The fraction of sp³-hybridized carbons (Fsp3) is 0.333. The van der Waals surface area contributed by atoms with E-state index in [-0.39, 0.29) is 17.6 Å². The summed E-state index contributed by atoms with van der Waals surface area (Å²) in [5, 5.41) is 6.00. The van der Waals surface area contributed by atoms with Crippen molar-refractivity contribution >= 4 is 31.1 Å². The van der Waals surface area contributed by atoms with Crippen LogP contribution < -0.4 is 25.9 Å². The van der Waals surface area contributed by atoms with Crippen LogP contribution in [0.4, 0.5) is 17.2 Å². The molecule has 11 heteroatoms. The molecule has 0 spiro atoms. The van der Waals surface area contributed by atoms with Gasteiger partial charge in [-0.25, -0.2) is 9.97 Å². The van der Waals surface area contributed by atoms with Crippen LogP contribution in [0.25, 0.3) is 11.3 Å². The predicted molar refractivity (Wildman–Crippen MR) is 138 cm³/mol. The zero-order valence-corrected chi connectivity index (χ0v) is 20.0. The lowest BCUT2D eigenvalue weighted by molar-refractivity contribution is 0.102. The summed E-state index contributed by atoms with van der Waals surface area (Å²) in [5.41, 5.74) is 8.88. The second-order valence-corrected chi connectivity index (χ2v) is 8.30. The summed E-state index contributed by atoms with van der Waals surface area (Å²) in [7, 11) is 1.88. The number of benzene rings is 1. The molecule has 0 aliphatic carbocycles. The third-order valence-corrected chi connectivity index (χ3v) is 5.60. The smallest absolute Gasteiger partial charge is 0.278 e. The molecule has 1 fully saturated rings. The second kappa shape index (κ2) is 11.6. The minimum atomic E-state index is -0.446. The summed E-state index contributed by atoms with van der Waals surface area (Å²) in [6.07, 6.45) is 5.84. The largest absolute Gasteiger partial charge is 0.489 e. The van der Waals surface area contributed by atoms with Gasteiger partial charge >= 0.3 is 0 Å². The number of nitrogens with one attached hydrogen (secondary N) is 2. The van der Waals surface area contributed by atoms with Crippen LogP contribution in [0.1, 0.15) is 23.8 Å². The van der Waals surface area contributed by atoms with E-state index in [4.69, 9.17) is 15.2 Å². The van der Waals surface area contributed by atoms with Crippen molar-refractivity contribution in [2.75, 3.05) is 48.8 Å². The van der Waals surface area contributed by atoms with E-state index in [1.54, 1.807) is 18.6 Å². The van der Waals surface area contributed by atoms with Gasteiger partial charge in [-0.15, -0.1) is 0 Å². The van der Waals surface area contributed by atoms with E-state index in [2.05, 4.69) is 30.4 Å². The van der Waals surface area contributed by atoms with Gasteiger partial charge < -0.3 is 30.7 Å². The molecule has 0 saturated carbocycles. The molecule has 182 valence electrons. The van der Waals surface area contributed by atoms with Crippen molar-refractivity contribution in [1.29, 1.82) is 0 Å². The maximum atomic E-state index is 13.2. The van der Waals surface area contributed by atoms with Crippen molar-refractivity contribution in [3.63, 3.8) is 0 Å². The highest BCUT2D eigenvalue weighted by atomic mass is 16.5. The average Bonchev–Trinajstić information content (AvgIpc) is 3.15. The topological polar surface area (TPSA) is 128 Å². The number of hydrogen-bond acceptors (Lipinski definition) is 9. The molecule has 0 radical (unpaired) electrons. The molecule has 35 heavy (non-hydrogen) atoms. The van der Waals surface area contributed by atoms with Gasteiger partial charge in [-0.3, -0.25) is 9.78 Å². The molecule has 1 amide bonds. The number of aromatic nitrogens is 3. The number of hydrogen-bond donors (Lipinski definition) is 3. The lowest BCUT2D eigenvalue weighted by Gasteiger charge is -2.24. The standard InChI is InChI=1S/C24H30BN7O3/c1-16(13-29-25)35-18-5-3-17(4-6-18)19-15-28-23(26)22(30-19)24(33)31-20-14-27-8-7-21(20)32-9-2-11-34-12-10-32/h3-8,14-16,29H,2,9-13,25H2,1H3,(H2,26,28)(H,31,33). The Bertz CT molecular complexity index is 1140. The first-order valence-electron chi connectivity index (χ1n) is 11.7. The number of carbonyl (C=O) groups excluding carboxylic acids is 1. The van der Waals surface area contributed by atoms with Gasteiger partial charge in [0.1, 0.15) is 11.9 Å². The summed E-state index contributed by atoms with van der Waals surface area (Å²) in [6, 6.07) is 9.37. The molecular formula is C24H30BN7O3. The van der Waals surface area contributed by atoms with Gasteiger partial charge in [0.15, 0.2) is 19.5 Å². The molecule has 4 rings (SSSR count). The van der Waals surface area contributed by atoms with E-state index in [0.717, 1.165) is 49.7 Å². The van der Waals surface area contributed by atoms with Crippen LogP contribution in [0.2, 0.25) is 0 Å². The van der Waals surface area contributed by atoms with Crippen LogP contribution >= 0.6 is 0 Å². The van der Waals surface area contributed by atoms with Crippen molar-refractivity contribution in [2.24, 2.45) is 0 Å². The molecule has 2 aromatic heterocycles. The molecule has 0 bridgehead atoms. The molecule has 1 saturated heterocycles. The van der Waals surface area contributed by atoms with E-state index in [0.29, 0.717) is 18.0 Å². The lowest BCUT2D eigenvalue weighted by atomic mass is 10.1. The van der Waals surface area contributed by atoms with Crippen molar-refractivity contribution in [2.45, 2.75) is 19.4 Å². The maximum absolute atomic E-state index is 13.2. The molecule has 1 aliphatic rings. The predicted octanol–water partition coefficient (Wildman–Crippen LogP) is 1.50. The zero-order chi connectivity index (χ0) is 24.6. The van der Waals surface area contributed by atoms with Gasteiger partial charge in [-0.2, -0.15) is 0 Å². The number of nitrogens with two attached hydrogens (primary N) is 1. The SMILES string of the molecule is BNCC(C)Oc1ccc(-c2cnc(N)c(C(=O)Nc3cnccc3N3CCCOCC3)n2)cc1. The third-order valence-electron chi connectivity index (χ3n) is 5.60. The third kappa shape index (κ3) is 6.25. The monoisotopic (exact) mass is 475 g/mol. The van der Waals surface area contributed by atoms with Gasteiger partial charge in [0.25, 0.3) is 5.91 Å². The van der Waals surface area contributed by atoms with Gasteiger partial charge in [-0.05, 0) is 43.7 Å². The number of rotatable bonds is 8. The molecule has 3 aromatic rings. The number of anilines is 3. The summed E-state index contributed by atoms with van der Waals surface area (Å²) < 4.78 is 11.4. The highest BCUT2D eigenvalue weighted by Crippen LogP contribution is 2.27. The minimum absolute atomic E-state index is 0.0386. The van der Waals surface area contributed by atoms with Crippen LogP contribution in [-0.4, -0.2) is 67.8 Å². The highest BCUT2D eigenvalue weighted by molar-refractivity contribution is 6.07. The Morgan fingerprint density at radius 1 is 1.23 bits per heavy atom. The summed E-state index contributed by atoms with van der Waals surface area (Å²) in [5.74, 6) is 0.361. The molecule has 3 heterocycles. The van der Waals surface area contributed by atoms with Crippen molar-refractivity contribution in [1.82, 2.24) is 20.2 Å². The van der Waals surface area contributed by atoms with Crippen LogP contribution in [-0.2, 0) is 4.74 Å². The molecule has 4 N–H and O–H groups in total. The van der Waals surface area contributed by atoms with E-state index in [9.17, 15) is 4.79 Å². The fourth-order valence-electron chi connectivity index (χ4n) is 3.90. The minimum Gasteiger partial charge on any atom is -0.489 e. The van der Waals surface area contributed by atoms with Crippen molar-refractivity contribution < 1.29 is 14.3 Å². The van der Waals surface area contributed by atoms with E-state index >= 15 is 0 Å². The molecule has 1 unspecified atom stereocenters. The molecule has 1 aliphatic heterocycles. The van der Waals surface area contributed by atoms with Gasteiger partial charge in [0, 0.05) is 38.0 Å². The number of amides is 1. The quantitative estimate of drug-likeness (QED) is 0.416. The number of nitrogen functional groups attached to an aromatic ring is 1. The summed E-state index contributed by atoms with van der Waals surface area (Å²) >= 11 is 0. The Balaban J connectivity index is 1.52. The lowest BCUT2D eigenvalue weighted by Crippen LogP contribution is -2.27. The average molecular weight is 475 g/mol. The van der Waals surface area contributed by atoms with Crippen molar-refractivity contribution in [3.8, 4) is 17.0 Å². The van der Waals surface area contributed by atoms with Crippen LogP contribution in [0.5, 0.6) is 5.75 Å². The first kappa shape index (κ1) is 24.4. The molecular weight excluding hydrogens is 445 g/mol. The normalized spacial score (nSPS) is 14.7. The number of ether oxygens (including phenoxy) is 2. The summed E-state index contributed by atoms with van der Waals surface area (Å²) in [4.78, 5) is 28.2. The van der Waals surface area contributed by atoms with Crippen LogP contribution in [0.3, 0.4) is 0 Å². The van der Waals surface area contributed by atoms with Gasteiger partial charge in [-0.1, -0.05) is 0 Å². The van der Waals surface area contributed by atoms with Gasteiger partial charge in [0.05, 0.1) is 36.1 Å². The van der Waals surface area contributed by atoms with E-state index in [1.807, 2.05) is 45.2 Å². The molecule has 10 nitrogen and oxygen atoms in total. The van der Waals surface area contributed by atoms with E-state index in [1.165, 1.54) is 0 Å². The molecule has 1 aromatic carbocycles. The Morgan fingerprint density at radius 2 is 2.06 bits per heavy atom. The van der Waals surface area contributed by atoms with E-state index < -0.39 is 5.91 Å². The van der Waals surface area contributed by atoms with Crippen LogP contribution in [0.15, 0.2) is 48.9 Å². The Kier molecular flexibility index (Phi) is 8.12. The van der Waals surface area contributed by atoms with Gasteiger partial charge in [0.2, 0.25) is 0 Å². The number of nitrogens with zero attached hydrogens (tertiary/aromatic N) is 4. The van der Waals surface area contributed by atoms with Crippen LogP contribution in [0, 0.1) is 0 Å².